The standard InChI is InChI=1S/C22H30ClN3/c1-16(2)8-9-21-10-13-22(14-11-21,15-12-21)20-25-24-19(26(20)3)17-6-4-5-7-18(17)23/h4-7,16H,8-15H2,1-3H3. The Kier molecular flexibility index (Phi) is 4.63. The summed E-state index contributed by atoms with van der Waals surface area (Å²) >= 11 is 6.40. The lowest BCUT2D eigenvalue weighted by atomic mass is 9.52. The fourth-order valence-electron chi connectivity index (χ4n) is 5.24. The largest absolute Gasteiger partial charge is 0.314 e. The Morgan fingerprint density at radius 3 is 2.31 bits per heavy atom. The van der Waals surface area contributed by atoms with E-state index in [1.54, 1.807) is 0 Å². The van der Waals surface area contributed by atoms with Crippen molar-refractivity contribution in [2.45, 2.75) is 70.6 Å². The molecule has 0 amide bonds. The third-order valence-corrected chi connectivity index (χ3v) is 7.45. The van der Waals surface area contributed by atoms with Gasteiger partial charge in [0.1, 0.15) is 5.82 Å². The quantitative estimate of drug-likeness (QED) is 0.629. The molecule has 3 nitrogen and oxygen atoms in total. The van der Waals surface area contributed by atoms with E-state index in [9.17, 15) is 0 Å². The first-order valence-corrected chi connectivity index (χ1v) is 10.5. The van der Waals surface area contributed by atoms with Crippen LogP contribution in [0.1, 0.15) is 71.0 Å². The molecule has 1 aromatic heterocycles. The van der Waals surface area contributed by atoms with Crippen LogP contribution in [0, 0.1) is 11.3 Å². The molecule has 3 fully saturated rings. The van der Waals surface area contributed by atoms with E-state index in [2.05, 4.69) is 35.7 Å². The molecule has 1 aromatic carbocycles. The molecule has 0 aliphatic heterocycles. The number of rotatable bonds is 5. The molecule has 2 bridgehead atoms. The third-order valence-electron chi connectivity index (χ3n) is 7.12. The zero-order valence-corrected chi connectivity index (χ0v) is 17.0. The summed E-state index contributed by atoms with van der Waals surface area (Å²) < 4.78 is 2.20. The number of benzene rings is 1. The first-order chi connectivity index (χ1) is 12.4. The van der Waals surface area contributed by atoms with E-state index in [1.165, 1.54) is 57.2 Å². The average molecular weight is 372 g/mol. The van der Waals surface area contributed by atoms with Crippen LogP contribution in [0.5, 0.6) is 0 Å². The summed E-state index contributed by atoms with van der Waals surface area (Å²) in [6, 6.07) is 7.93. The fraction of sp³-hybridized carbons (Fsp3) is 0.636. The van der Waals surface area contributed by atoms with Gasteiger partial charge in [0.2, 0.25) is 0 Å². The van der Waals surface area contributed by atoms with Gasteiger partial charge in [-0.25, -0.2) is 0 Å². The van der Waals surface area contributed by atoms with Gasteiger partial charge in [0.15, 0.2) is 5.82 Å². The molecule has 0 spiro atoms. The average Bonchev–Trinajstić information content (AvgIpc) is 3.04. The van der Waals surface area contributed by atoms with Crippen LogP contribution in [-0.2, 0) is 12.5 Å². The highest BCUT2D eigenvalue weighted by Gasteiger charge is 2.51. The second-order valence-electron chi connectivity index (χ2n) is 9.10. The monoisotopic (exact) mass is 371 g/mol. The van der Waals surface area contributed by atoms with Crippen molar-refractivity contribution in [3.63, 3.8) is 0 Å². The Morgan fingerprint density at radius 1 is 1.04 bits per heavy atom. The van der Waals surface area contributed by atoms with E-state index in [1.807, 2.05) is 24.3 Å². The Hall–Kier alpha value is -1.35. The van der Waals surface area contributed by atoms with Crippen molar-refractivity contribution in [2.24, 2.45) is 18.4 Å². The number of aromatic nitrogens is 3. The molecule has 0 radical (unpaired) electrons. The lowest BCUT2D eigenvalue weighted by Crippen LogP contribution is -2.45. The Balaban J connectivity index is 1.58. The molecule has 0 unspecified atom stereocenters. The summed E-state index contributed by atoms with van der Waals surface area (Å²) in [7, 11) is 2.11. The van der Waals surface area contributed by atoms with Crippen LogP contribution < -0.4 is 0 Å². The Labute approximate surface area is 162 Å². The minimum atomic E-state index is 0.223. The number of hydrogen-bond donors (Lipinski definition) is 0. The molecule has 26 heavy (non-hydrogen) atoms. The molecule has 0 N–H and O–H groups in total. The number of fused-ring (bicyclic) bond motifs is 3. The topological polar surface area (TPSA) is 30.7 Å². The molecule has 3 saturated carbocycles. The van der Waals surface area contributed by atoms with Gasteiger partial charge in [-0.05, 0) is 68.4 Å². The highest BCUT2D eigenvalue weighted by atomic mass is 35.5. The minimum absolute atomic E-state index is 0.223. The summed E-state index contributed by atoms with van der Waals surface area (Å²) in [6.07, 6.45) is 10.6. The van der Waals surface area contributed by atoms with Crippen molar-refractivity contribution in [1.82, 2.24) is 14.8 Å². The highest BCUT2D eigenvalue weighted by molar-refractivity contribution is 6.33. The fourth-order valence-corrected chi connectivity index (χ4v) is 5.46. The van der Waals surface area contributed by atoms with Crippen LogP contribution in [0.3, 0.4) is 0 Å². The first kappa shape index (κ1) is 18.0. The maximum Gasteiger partial charge on any atom is 0.165 e. The summed E-state index contributed by atoms with van der Waals surface area (Å²) in [4.78, 5) is 0. The van der Waals surface area contributed by atoms with Gasteiger partial charge in [-0.1, -0.05) is 44.0 Å². The number of nitrogens with zero attached hydrogens (tertiary/aromatic N) is 3. The van der Waals surface area contributed by atoms with Crippen molar-refractivity contribution in [2.75, 3.05) is 0 Å². The number of hydrogen-bond acceptors (Lipinski definition) is 2. The minimum Gasteiger partial charge on any atom is -0.314 e. The first-order valence-electron chi connectivity index (χ1n) is 10.1. The Morgan fingerprint density at radius 2 is 1.69 bits per heavy atom. The van der Waals surface area contributed by atoms with Gasteiger partial charge in [-0.15, -0.1) is 10.2 Å². The van der Waals surface area contributed by atoms with Crippen LogP contribution in [-0.4, -0.2) is 14.8 Å². The van der Waals surface area contributed by atoms with Gasteiger partial charge in [0.05, 0.1) is 5.02 Å². The van der Waals surface area contributed by atoms with Gasteiger partial charge in [0, 0.05) is 18.0 Å². The maximum atomic E-state index is 6.40. The van der Waals surface area contributed by atoms with Gasteiger partial charge >= 0.3 is 0 Å². The van der Waals surface area contributed by atoms with E-state index in [0.717, 1.165) is 22.3 Å². The third kappa shape index (κ3) is 2.98. The molecule has 5 rings (SSSR count). The van der Waals surface area contributed by atoms with Crippen molar-refractivity contribution in [3.05, 3.63) is 35.1 Å². The molecular weight excluding hydrogens is 342 g/mol. The lowest BCUT2D eigenvalue weighted by Gasteiger charge is -2.53. The molecule has 4 heteroatoms. The van der Waals surface area contributed by atoms with Crippen molar-refractivity contribution < 1.29 is 0 Å². The molecule has 0 atom stereocenters. The molecule has 3 aliphatic rings. The predicted molar refractivity (Wildman–Crippen MR) is 107 cm³/mol. The van der Waals surface area contributed by atoms with Gasteiger partial charge in [-0.2, -0.15) is 0 Å². The molecular formula is C22H30ClN3. The molecule has 3 aliphatic carbocycles. The normalized spacial score (nSPS) is 28.0. The second kappa shape index (κ2) is 6.67. The summed E-state index contributed by atoms with van der Waals surface area (Å²) in [6.45, 7) is 4.70. The predicted octanol–water partition coefficient (Wildman–Crippen LogP) is 6.16. The number of halogens is 1. The van der Waals surface area contributed by atoms with E-state index in [-0.39, 0.29) is 5.41 Å². The van der Waals surface area contributed by atoms with Gasteiger partial charge < -0.3 is 4.57 Å². The van der Waals surface area contributed by atoms with E-state index in [0.29, 0.717) is 5.41 Å². The van der Waals surface area contributed by atoms with Crippen LogP contribution >= 0.6 is 11.6 Å². The van der Waals surface area contributed by atoms with E-state index < -0.39 is 0 Å². The molecule has 2 aromatic rings. The SMILES string of the molecule is CC(C)CCC12CCC(c3nnc(-c4ccccc4Cl)n3C)(CC1)CC2. The smallest absolute Gasteiger partial charge is 0.165 e. The summed E-state index contributed by atoms with van der Waals surface area (Å²) in [5.74, 6) is 2.88. The van der Waals surface area contributed by atoms with Crippen molar-refractivity contribution >= 4 is 11.6 Å². The maximum absolute atomic E-state index is 6.40. The highest BCUT2D eigenvalue weighted by Crippen LogP contribution is 2.59. The van der Waals surface area contributed by atoms with Gasteiger partial charge in [0.25, 0.3) is 0 Å². The van der Waals surface area contributed by atoms with Crippen LogP contribution in [0.2, 0.25) is 5.02 Å². The molecule has 1 heterocycles. The Bertz CT molecular complexity index is 768. The summed E-state index contributed by atoms with van der Waals surface area (Å²) in [5.41, 5.74) is 1.81. The lowest BCUT2D eigenvalue weighted by molar-refractivity contribution is 0.0229. The van der Waals surface area contributed by atoms with E-state index >= 15 is 0 Å². The molecule has 0 saturated heterocycles. The van der Waals surface area contributed by atoms with E-state index in [4.69, 9.17) is 11.6 Å². The van der Waals surface area contributed by atoms with Crippen LogP contribution in [0.15, 0.2) is 24.3 Å². The second-order valence-corrected chi connectivity index (χ2v) is 9.51. The summed E-state index contributed by atoms with van der Waals surface area (Å²) in [5, 5.41) is 9.96. The zero-order valence-electron chi connectivity index (χ0n) is 16.3. The zero-order chi connectivity index (χ0) is 18.4. The van der Waals surface area contributed by atoms with Crippen LogP contribution in [0.4, 0.5) is 0 Å². The van der Waals surface area contributed by atoms with Crippen LogP contribution in [0.25, 0.3) is 11.4 Å². The van der Waals surface area contributed by atoms with Crippen molar-refractivity contribution in [3.8, 4) is 11.4 Å². The van der Waals surface area contributed by atoms with Crippen molar-refractivity contribution in [1.29, 1.82) is 0 Å². The van der Waals surface area contributed by atoms with Gasteiger partial charge in [-0.3, -0.25) is 0 Å². The molecule has 140 valence electrons.